The van der Waals surface area contributed by atoms with Crippen molar-refractivity contribution in [2.75, 3.05) is 20.3 Å². The van der Waals surface area contributed by atoms with Crippen molar-refractivity contribution in [1.82, 2.24) is 0 Å². The maximum absolute atomic E-state index is 13.7. The highest BCUT2D eigenvalue weighted by atomic mass is 32.2. The summed E-state index contributed by atoms with van der Waals surface area (Å²) >= 11 is 0. The average molecular weight is 369 g/mol. The van der Waals surface area contributed by atoms with Crippen LogP contribution in [-0.4, -0.2) is 34.7 Å². The van der Waals surface area contributed by atoms with Crippen LogP contribution in [0, 0.1) is 5.82 Å². The van der Waals surface area contributed by atoms with Crippen molar-refractivity contribution < 1.29 is 31.8 Å². The molecular weight excluding hydrogens is 353 g/mol. The Hall–Kier alpha value is -2.65. The fourth-order valence-corrected chi connectivity index (χ4v) is 2.40. The molecule has 25 heavy (non-hydrogen) atoms. The Kier molecular flexibility index (Phi) is 5.94. The van der Waals surface area contributed by atoms with Crippen LogP contribution >= 0.6 is 0 Å². The van der Waals surface area contributed by atoms with E-state index in [1.807, 2.05) is 0 Å². The average Bonchev–Trinajstić information content (AvgIpc) is 2.58. The van der Waals surface area contributed by atoms with Gasteiger partial charge in [-0.3, -0.25) is 0 Å². The monoisotopic (exact) mass is 369 g/mol. The third-order valence-electron chi connectivity index (χ3n) is 3.13. The van der Waals surface area contributed by atoms with E-state index in [0.29, 0.717) is 11.5 Å². The summed E-state index contributed by atoms with van der Waals surface area (Å²) in [7, 11) is -2.38. The molecule has 7 nitrogen and oxygen atoms in total. The number of nitrogens with two attached hydrogens (primary N) is 1. The van der Waals surface area contributed by atoms with E-state index >= 15 is 0 Å². The number of esters is 1. The van der Waals surface area contributed by atoms with Crippen molar-refractivity contribution in [3.63, 3.8) is 0 Å². The minimum Gasteiger partial charge on any atom is -0.497 e. The lowest BCUT2D eigenvalue weighted by Crippen LogP contribution is -2.14. The summed E-state index contributed by atoms with van der Waals surface area (Å²) in [6.45, 7) is -0.0977. The minimum atomic E-state index is -3.77. The Labute approximate surface area is 144 Å². The van der Waals surface area contributed by atoms with Gasteiger partial charge < -0.3 is 14.2 Å². The third kappa shape index (κ3) is 5.16. The van der Waals surface area contributed by atoms with Gasteiger partial charge in [-0.2, -0.15) is 0 Å². The summed E-state index contributed by atoms with van der Waals surface area (Å²) < 4.78 is 51.0. The van der Waals surface area contributed by atoms with E-state index in [9.17, 15) is 17.6 Å². The smallest absolute Gasteiger partial charge is 0.341 e. The number of ether oxygens (including phenoxy) is 3. The fourth-order valence-electron chi connectivity index (χ4n) is 1.89. The molecule has 0 saturated heterocycles. The van der Waals surface area contributed by atoms with Gasteiger partial charge in [-0.1, -0.05) is 0 Å². The van der Waals surface area contributed by atoms with Crippen LogP contribution in [0.5, 0.6) is 11.5 Å². The van der Waals surface area contributed by atoms with Crippen LogP contribution in [0.3, 0.4) is 0 Å². The molecule has 0 aromatic heterocycles. The molecule has 2 N–H and O–H groups in total. The number of benzene rings is 2. The first-order chi connectivity index (χ1) is 11.8. The predicted octanol–water partition coefficient (Wildman–Crippen LogP) is 1.72. The predicted molar refractivity (Wildman–Crippen MR) is 86.5 cm³/mol. The zero-order chi connectivity index (χ0) is 18.4. The second kappa shape index (κ2) is 7.95. The van der Waals surface area contributed by atoms with Gasteiger partial charge in [0.25, 0.3) is 0 Å². The van der Waals surface area contributed by atoms with Crippen molar-refractivity contribution in [1.29, 1.82) is 0 Å². The van der Waals surface area contributed by atoms with Gasteiger partial charge in [0.15, 0.2) is 0 Å². The number of hydrogen-bond donors (Lipinski definition) is 1. The van der Waals surface area contributed by atoms with Crippen LogP contribution in [0.2, 0.25) is 0 Å². The maximum Gasteiger partial charge on any atom is 0.341 e. The van der Waals surface area contributed by atoms with Crippen molar-refractivity contribution >= 4 is 16.0 Å². The molecule has 2 aromatic rings. The zero-order valence-electron chi connectivity index (χ0n) is 13.3. The van der Waals surface area contributed by atoms with E-state index in [-0.39, 0.29) is 23.7 Å². The van der Waals surface area contributed by atoms with Gasteiger partial charge >= 0.3 is 5.97 Å². The lowest BCUT2D eigenvalue weighted by Gasteiger charge is -2.09. The van der Waals surface area contributed by atoms with Gasteiger partial charge in [0.05, 0.1) is 17.6 Å². The minimum absolute atomic E-state index is 0.0121. The van der Waals surface area contributed by atoms with Gasteiger partial charge in [0, 0.05) is 6.07 Å². The molecule has 0 amide bonds. The molecular formula is C16H16FNO6S. The van der Waals surface area contributed by atoms with Crippen molar-refractivity contribution in [3.05, 3.63) is 53.8 Å². The van der Waals surface area contributed by atoms with Gasteiger partial charge in [0.1, 0.15) is 30.5 Å². The number of hydrogen-bond acceptors (Lipinski definition) is 6. The number of carbonyl (C=O) groups excluding carboxylic acids is 1. The molecule has 0 spiro atoms. The number of carbonyl (C=O) groups is 1. The Bertz CT molecular complexity index is 851. The van der Waals surface area contributed by atoms with Crippen LogP contribution in [0.25, 0.3) is 0 Å². The van der Waals surface area contributed by atoms with Crippen LogP contribution in [-0.2, 0) is 14.8 Å². The molecule has 0 unspecified atom stereocenters. The SMILES string of the molecule is COc1ccc(C(=O)OCCOc2ccc(S(N)(=O)=O)cc2)c(F)c1. The Morgan fingerprint density at radius 3 is 2.28 bits per heavy atom. The molecule has 0 aliphatic rings. The highest BCUT2D eigenvalue weighted by Gasteiger charge is 2.14. The van der Waals surface area contributed by atoms with Crippen molar-refractivity contribution in [2.24, 2.45) is 5.14 Å². The summed E-state index contributed by atoms with van der Waals surface area (Å²) in [5.41, 5.74) is -0.210. The number of halogens is 1. The zero-order valence-corrected chi connectivity index (χ0v) is 14.1. The topological polar surface area (TPSA) is 105 Å². The van der Waals surface area contributed by atoms with Gasteiger partial charge in [-0.25, -0.2) is 22.7 Å². The largest absolute Gasteiger partial charge is 0.497 e. The second-order valence-corrected chi connectivity index (χ2v) is 6.41. The number of methoxy groups -OCH3 is 1. The van der Waals surface area contributed by atoms with Crippen molar-refractivity contribution in [2.45, 2.75) is 4.90 Å². The first-order valence-corrected chi connectivity index (χ1v) is 8.62. The van der Waals surface area contributed by atoms with E-state index in [1.54, 1.807) is 0 Å². The van der Waals surface area contributed by atoms with Gasteiger partial charge in [-0.15, -0.1) is 0 Å². The molecule has 2 rings (SSSR count). The molecule has 0 aliphatic heterocycles. The third-order valence-corrected chi connectivity index (χ3v) is 4.06. The fraction of sp³-hybridized carbons (Fsp3) is 0.188. The van der Waals surface area contributed by atoms with Crippen LogP contribution in [0.1, 0.15) is 10.4 Å². The number of primary sulfonamides is 1. The molecule has 134 valence electrons. The number of sulfonamides is 1. The van der Waals surface area contributed by atoms with Crippen LogP contribution < -0.4 is 14.6 Å². The summed E-state index contributed by atoms with van der Waals surface area (Å²) in [6, 6.07) is 9.23. The highest BCUT2D eigenvalue weighted by Crippen LogP contribution is 2.17. The molecule has 9 heteroatoms. The van der Waals surface area contributed by atoms with Crippen molar-refractivity contribution in [3.8, 4) is 11.5 Å². The highest BCUT2D eigenvalue weighted by molar-refractivity contribution is 7.89. The number of rotatable bonds is 7. The van der Waals surface area contributed by atoms with Crippen LogP contribution in [0.15, 0.2) is 47.4 Å². The molecule has 0 atom stereocenters. The molecule has 0 heterocycles. The molecule has 0 aliphatic carbocycles. The molecule has 2 aromatic carbocycles. The van der Waals surface area contributed by atoms with E-state index in [2.05, 4.69) is 0 Å². The van der Waals surface area contributed by atoms with E-state index in [1.165, 1.54) is 43.5 Å². The Morgan fingerprint density at radius 2 is 1.72 bits per heavy atom. The summed E-state index contributed by atoms with van der Waals surface area (Å²) in [4.78, 5) is 11.8. The van der Waals surface area contributed by atoms with Gasteiger partial charge in [-0.05, 0) is 36.4 Å². The standard InChI is InChI=1S/C16H16FNO6S/c1-22-12-4-7-14(15(17)10-12)16(19)24-9-8-23-11-2-5-13(6-3-11)25(18,20)21/h2-7,10H,8-9H2,1H3,(H2,18,20,21). The first kappa shape index (κ1) is 18.7. The molecule has 0 saturated carbocycles. The van der Waals surface area contributed by atoms with E-state index < -0.39 is 21.8 Å². The molecule has 0 bridgehead atoms. The Balaban J connectivity index is 1.84. The quantitative estimate of drug-likeness (QED) is 0.588. The second-order valence-electron chi connectivity index (χ2n) is 4.85. The van der Waals surface area contributed by atoms with E-state index in [0.717, 1.165) is 6.07 Å². The van der Waals surface area contributed by atoms with Gasteiger partial charge in [0.2, 0.25) is 10.0 Å². The first-order valence-electron chi connectivity index (χ1n) is 7.07. The van der Waals surface area contributed by atoms with E-state index in [4.69, 9.17) is 19.3 Å². The molecule has 0 fully saturated rings. The summed E-state index contributed by atoms with van der Waals surface area (Å²) in [5.74, 6) is -0.906. The molecule has 0 radical (unpaired) electrons. The summed E-state index contributed by atoms with van der Waals surface area (Å²) in [6.07, 6.45) is 0. The van der Waals surface area contributed by atoms with Crippen LogP contribution in [0.4, 0.5) is 4.39 Å². The lowest BCUT2D eigenvalue weighted by atomic mass is 10.2. The lowest BCUT2D eigenvalue weighted by molar-refractivity contribution is 0.0445. The summed E-state index contributed by atoms with van der Waals surface area (Å²) in [5, 5.41) is 4.98. The Morgan fingerprint density at radius 1 is 1.08 bits per heavy atom. The maximum atomic E-state index is 13.7. The normalized spacial score (nSPS) is 11.0.